The van der Waals surface area contributed by atoms with Gasteiger partial charge in [-0.25, -0.2) is 4.98 Å². The largest absolute Gasteiger partial charge is 0.481 e. The molecule has 22 heavy (non-hydrogen) atoms. The number of halogens is 1. The van der Waals surface area contributed by atoms with Crippen molar-refractivity contribution in [3.63, 3.8) is 0 Å². The molecule has 0 aliphatic heterocycles. The van der Waals surface area contributed by atoms with Gasteiger partial charge in [0.1, 0.15) is 0 Å². The zero-order valence-corrected chi connectivity index (χ0v) is 16.5. The number of nitrogens with one attached hydrogen (secondary N) is 2. The van der Waals surface area contributed by atoms with Crippen molar-refractivity contribution in [2.45, 2.75) is 37.1 Å². The maximum absolute atomic E-state index is 5.13. The average molecular weight is 436 g/mol. The van der Waals surface area contributed by atoms with Gasteiger partial charge in [0, 0.05) is 37.1 Å². The summed E-state index contributed by atoms with van der Waals surface area (Å²) in [5, 5.41) is 7.64. The maximum Gasteiger partial charge on any atom is 0.213 e. The van der Waals surface area contributed by atoms with E-state index in [1.807, 2.05) is 30.9 Å². The number of rotatable bonds is 5. The van der Waals surface area contributed by atoms with Crippen LogP contribution in [0.3, 0.4) is 0 Å². The van der Waals surface area contributed by atoms with Gasteiger partial charge in [-0.1, -0.05) is 0 Å². The van der Waals surface area contributed by atoms with Gasteiger partial charge in [0.2, 0.25) is 5.88 Å². The number of nitrogens with zero attached hydrogens (tertiary/aromatic N) is 2. The molecule has 2 N–H and O–H groups in total. The first-order valence-electron chi connectivity index (χ1n) is 7.24. The third-order valence-corrected chi connectivity index (χ3v) is 4.85. The molecule has 0 radical (unpaired) electrons. The first-order valence-corrected chi connectivity index (χ1v) is 8.52. The van der Waals surface area contributed by atoms with E-state index >= 15 is 0 Å². The highest BCUT2D eigenvalue weighted by Gasteiger charge is 2.24. The summed E-state index contributed by atoms with van der Waals surface area (Å²) < 4.78 is 5.13. The van der Waals surface area contributed by atoms with Gasteiger partial charge < -0.3 is 15.4 Å². The van der Waals surface area contributed by atoms with E-state index in [1.165, 1.54) is 19.3 Å². The number of hydrogen-bond donors (Lipinski definition) is 2. The third-order valence-electron chi connectivity index (χ3n) is 3.75. The second kappa shape index (κ2) is 10.1. The average Bonchev–Trinajstić information content (AvgIpc) is 2.99. The molecular weight excluding hydrogens is 411 g/mol. The summed E-state index contributed by atoms with van der Waals surface area (Å²) in [5.41, 5.74) is 1.12. The molecule has 1 heterocycles. The molecule has 2 unspecified atom stereocenters. The van der Waals surface area contributed by atoms with Crippen LogP contribution in [0.15, 0.2) is 23.3 Å². The molecule has 1 aliphatic carbocycles. The Morgan fingerprint density at radius 3 is 2.95 bits per heavy atom. The van der Waals surface area contributed by atoms with Crippen LogP contribution in [0.5, 0.6) is 5.88 Å². The van der Waals surface area contributed by atoms with Crippen molar-refractivity contribution in [2.75, 3.05) is 20.4 Å². The smallest absolute Gasteiger partial charge is 0.213 e. The van der Waals surface area contributed by atoms with Crippen LogP contribution in [-0.2, 0) is 6.54 Å². The van der Waals surface area contributed by atoms with Crippen molar-refractivity contribution in [1.29, 1.82) is 0 Å². The van der Waals surface area contributed by atoms with Crippen LogP contribution in [0.25, 0.3) is 0 Å². The van der Waals surface area contributed by atoms with E-state index in [1.54, 1.807) is 13.3 Å². The Morgan fingerprint density at radius 1 is 1.50 bits per heavy atom. The van der Waals surface area contributed by atoms with Crippen molar-refractivity contribution in [2.24, 2.45) is 4.99 Å². The summed E-state index contributed by atoms with van der Waals surface area (Å²) in [6.45, 7) is 0.706. The van der Waals surface area contributed by atoms with Crippen molar-refractivity contribution in [3.8, 4) is 5.88 Å². The SMILES string of the molecule is CN=C(NCc1ccnc(OC)c1)NC1CCC(SC)C1.I. The lowest BCUT2D eigenvalue weighted by molar-refractivity contribution is 0.397. The molecule has 7 heteroatoms. The standard InChI is InChI=1S/C15H24N4OS.HI/c1-16-15(19-12-4-5-13(9-12)21-3)18-10-11-6-7-17-14(8-11)20-2;/h6-8,12-13H,4-5,9-10H2,1-3H3,(H2,16,18,19);1H. The lowest BCUT2D eigenvalue weighted by atomic mass is 10.2. The van der Waals surface area contributed by atoms with Crippen LogP contribution in [-0.4, -0.2) is 42.6 Å². The Balaban J connectivity index is 0.00000242. The molecule has 1 aliphatic rings. The normalized spacial score (nSPS) is 21.1. The molecule has 0 bridgehead atoms. The molecule has 2 rings (SSSR count). The van der Waals surface area contributed by atoms with Gasteiger partial charge in [0.05, 0.1) is 7.11 Å². The number of aliphatic imine (C=N–C) groups is 1. The number of thioether (sulfide) groups is 1. The Hall–Kier alpha value is -0.700. The van der Waals surface area contributed by atoms with E-state index < -0.39 is 0 Å². The van der Waals surface area contributed by atoms with E-state index in [0.29, 0.717) is 18.5 Å². The summed E-state index contributed by atoms with van der Waals surface area (Å²) >= 11 is 1.96. The van der Waals surface area contributed by atoms with Crippen LogP contribution in [0.1, 0.15) is 24.8 Å². The molecule has 124 valence electrons. The van der Waals surface area contributed by atoms with E-state index in [4.69, 9.17) is 4.74 Å². The Morgan fingerprint density at radius 2 is 2.32 bits per heavy atom. The molecule has 0 amide bonds. The monoisotopic (exact) mass is 436 g/mol. The third kappa shape index (κ3) is 5.83. The van der Waals surface area contributed by atoms with E-state index in [2.05, 4.69) is 26.9 Å². The highest BCUT2D eigenvalue weighted by molar-refractivity contribution is 14.0. The summed E-state index contributed by atoms with van der Waals surface area (Å²) in [6.07, 6.45) is 7.67. The topological polar surface area (TPSA) is 58.5 Å². The number of ether oxygens (including phenoxy) is 1. The number of aromatic nitrogens is 1. The number of hydrogen-bond acceptors (Lipinski definition) is 4. The molecule has 1 aromatic heterocycles. The molecule has 0 aromatic carbocycles. The van der Waals surface area contributed by atoms with Crippen LogP contribution in [0.4, 0.5) is 0 Å². The van der Waals surface area contributed by atoms with E-state index in [0.717, 1.165) is 16.8 Å². The second-order valence-electron chi connectivity index (χ2n) is 5.14. The Kier molecular flexibility index (Phi) is 8.92. The summed E-state index contributed by atoms with van der Waals surface area (Å²) in [6, 6.07) is 4.43. The summed E-state index contributed by atoms with van der Waals surface area (Å²) in [4.78, 5) is 8.41. The minimum atomic E-state index is 0. The van der Waals surface area contributed by atoms with Crippen LogP contribution in [0.2, 0.25) is 0 Å². The molecule has 1 fully saturated rings. The zero-order valence-electron chi connectivity index (χ0n) is 13.3. The highest BCUT2D eigenvalue weighted by atomic mass is 127. The molecular formula is C15H25IN4OS. The molecule has 0 saturated heterocycles. The predicted octanol–water partition coefficient (Wildman–Crippen LogP) is 2.66. The van der Waals surface area contributed by atoms with Crippen LogP contribution in [0, 0.1) is 0 Å². The second-order valence-corrected chi connectivity index (χ2v) is 6.28. The van der Waals surface area contributed by atoms with E-state index in [-0.39, 0.29) is 24.0 Å². The lowest BCUT2D eigenvalue weighted by Crippen LogP contribution is -2.42. The van der Waals surface area contributed by atoms with Crippen molar-refractivity contribution < 1.29 is 4.74 Å². The maximum atomic E-state index is 5.13. The number of pyridine rings is 1. The molecule has 1 saturated carbocycles. The first kappa shape index (κ1) is 19.3. The van der Waals surface area contributed by atoms with Crippen molar-refractivity contribution >= 4 is 41.7 Å². The minimum Gasteiger partial charge on any atom is -0.481 e. The minimum absolute atomic E-state index is 0. The summed E-state index contributed by atoms with van der Waals surface area (Å²) in [7, 11) is 3.44. The lowest BCUT2D eigenvalue weighted by Gasteiger charge is -2.17. The van der Waals surface area contributed by atoms with Crippen molar-refractivity contribution in [3.05, 3.63) is 23.9 Å². The van der Waals surface area contributed by atoms with Gasteiger partial charge in [0.15, 0.2) is 5.96 Å². The van der Waals surface area contributed by atoms with Gasteiger partial charge in [0.25, 0.3) is 0 Å². The van der Waals surface area contributed by atoms with Gasteiger partial charge in [-0.3, -0.25) is 4.99 Å². The van der Waals surface area contributed by atoms with Gasteiger partial charge in [-0.05, 0) is 37.1 Å². The summed E-state index contributed by atoms with van der Waals surface area (Å²) in [5.74, 6) is 1.49. The zero-order chi connectivity index (χ0) is 15.1. The molecule has 5 nitrogen and oxygen atoms in total. The number of guanidine groups is 1. The predicted molar refractivity (Wildman–Crippen MR) is 104 cm³/mol. The van der Waals surface area contributed by atoms with Gasteiger partial charge in [-0.15, -0.1) is 24.0 Å². The molecule has 2 atom stereocenters. The first-order chi connectivity index (χ1) is 10.2. The van der Waals surface area contributed by atoms with Crippen LogP contribution >= 0.6 is 35.7 Å². The number of methoxy groups -OCH3 is 1. The van der Waals surface area contributed by atoms with Gasteiger partial charge >= 0.3 is 0 Å². The molecule has 0 spiro atoms. The fourth-order valence-corrected chi connectivity index (χ4v) is 3.33. The molecule has 1 aromatic rings. The Bertz CT molecular complexity index is 486. The van der Waals surface area contributed by atoms with Crippen LogP contribution < -0.4 is 15.4 Å². The van der Waals surface area contributed by atoms with Crippen molar-refractivity contribution in [1.82, 2.24) is 15.6 Å². The van der Waals surface area contributed by atoms with Gasteiger partial charge in [-0.2, -0.15) is 11.8 Å². The Labute approximate surface area is 154 Å². The highest BCUT2D eigenvalue weighted by Crippen LogP contribution is 2.27. The quantitative estimate of drug-likeness (QED) is 0.422. The van der Waals surface area contributed by atoms with E-state index in [9.17, 15) is 0 Å². The fraction of sp³-hybridized carbons (Fsp3) is 0.600. The fourth-order valence-electron chi connectivity index (χ4n) is 2.53.